The molecule has 0 radical (unpaired) electrons. The van der Waals surface area contributed by atoms with E-state index in [0.717, 1.165) is 25.9 Å². The van der Waals surface area contributed by atoms with E-state index in [1.54, 1.807) is 0 Å². The first kappa shape index (κ1) is 15.3. The van der Waals surface area contributed by atoms with Crippen molar-refractivity contribution in [2.75, 3.05) is 13.1 Å². The average molecular weight is 288 g/mol. The fourth-order valence-corrected chi connectivity index (χ4v) is 2.67. The summed E-state index contributed by atoms with van der Waals surface area (Å²) in [5, 5.41) is 4.90. The second kappa shape index (κ2) is 6.43. The van der Waals surface area contributed by atoms with Crippen LogP contribution in [0.15, 0.2) is 24.3 Å². The molecule has 4 N–H and O–H groups in total. The Bertz CT molecular complexity index is 510. The quantitative estimate of drug-likeness (QED) is 0.795. The molecule has 1 atom stereocenters. The molecule has 0 saturated heterocycles. The van der Waals surface area contributed by atoms with Crippen molar-refractivity contribution in [1.29, 1.82) is 0 Å². The summed E-state index contributed by atoms with van der Waals surface area (Å²) in [5.41, 5.74) is 9.73. The largest absolute Gasteiger partial charge is 0.357 e. The van der Waals surface area contributed by atoms with Crippen LogP contribution in [0.2, 0.25) is 0 Å². The summed E-state index contributed by atoms with van der Waals surface area (Å²) < 4.78 is 0. The van der Waals surface area contributed by atoms with Crippen molar-refractivity contribution in [2.45, 2.75) is 18.9 Å². The van der Waals surface area contributed by atoms with Gasteiger partial charge in [-0.2, -0.15) is 0 Å². The number of para-hydroxylation sites is 1. The zero-order chi connectivity index (χ0) is 11.0. The van der Waals surface area contributed by atoms with E-state index in [-0.39, 0.29) is 24.8 Å². The number of aromatic nitrogens is 1. The molecule has 1 aromatic heterocycles. The Hall–Kier alpha value is -0.740. The molecule has 0 bridgehead atoms. The molecule has 0 aliphatic carbocycles. The fraction of sp³-hybridized carbons (Fsp3) is 0.385. The molecule has 0 spiro atoms. The lowest BCUT2D eigenvalue weighted by atomic mass is 9.97. The third-order valence-electron chi connectivity index (χ3n) is 3.42. The predicted octanol–water partition coefficient (Wildman–Crippen LogP) is 2.55. The Labute approximate surface area is 119 Å². The molecule has 2 aromatic rings. The Balaban J connectivity index is 0.000000810. The van der Waals surface area contributed by atoms with Crippen molar-refractivity contribution in [3.63, 3.8) is 0 Å². The Morgan fingerprint density at radius 2 is 2.00 bits per heavy atom. The molecule has 0 fully saturated rings. The molecule has 1 unspecified atom stereocenters. The van der Waals surface area contributed by atoms with Gasteiger partial charge in [-0.05, 0) is 37.6 Å². The third-order valence-corrected chi connectivity index (χ3v) is 3.42. The topological polar surface area (TPSA) is 53.8 Å². The smallest absolute Gasteiger partial charge is 0.0488 e. The van der Waals surface area contributed by atoms with Crippen LogP contribution < -0.4 is 11.1 Å². The first-order valence-electron chi connectivity index (χ1n) is 5.93. The number of nitrogens with two attached hydrogens (primary N) is 1. The van der Waals surface area contributed by atoms with Gasteiger partial charge < -0.3 is 16.0 Å². The van der Waals surface area contributed by atoms with Gasteiger partial charge >= 0.3 is 0 Å². The van der Waals surface area contributed by atoms with Gasteiger partial charge in [-0.15, -0.1) is 24.8 Å². The molecule has 100 valence electrons. The van der Waals surface area contributed by atoms with Crippen molar-refractivity contribution < 1.29 is 0 Å². The molecule has 1 aliphatic heterocycles. The standard InChI is InChI=1S/C13H17N3.2ClH/c14-7-5-12-13-10(6-8-15-12)9-3-1-2-4-11(9)16-13;;/h1-4,12,15-16H,5-8,14H2;2*1H. The summed E-state index contributed by atoms with van der Waals surface area (Å²) in [5.74, 6) is 0. The minimum Gasteiger partial charge on any atom is -0.357 e. The van der Waals surface area contributed by atoms with Gasteiger partial charge in [0.2, 0.25) is 0 Å². The van der Waals surface area contributed by atoms with Crippen LogP contribution >= 0.6 is 24.8 Å². The monoisotopic (exact) mass is 287 g/mol. The number of fused-ring (bicyclic) bond motifs is 3. The first-order chi connectivity index (χ1) is 7.90. The van der Waals surface area contributed by atoms with Gasteiger partial charge in [-0.1, -0.05) is 18.2 Å². The number of hydrogen-bond donors (Lipinski definition) is 3. The van der Waals surface area contributed by atoms with E-state index < -0.39 is 0 Å². The molecule has 18 heavy (non-hydrogen) atoms. The molecule has 0 amide bonds. The van der Waals surface area contributed by atoms with Crippen LogP contribution in [0.25, 0.3) is 10.9 Å². The highest BCUT2D eigenvalue weighted by Gasteiger charge is 2.22. The highest BCUT2D eigenvalue weighted by atomic mass is 35.5. The fourth-order valence-electron chi connectivity index (χ4n) is 2.67. The summed E-state index contributed by atoms with van der Waals surface area (Å²) in [6.45, 7) is 1.78. The highest BCUT2D eigenvalue weighted by molar-refractivity contribution is 5.86. The summed E-state index contributed by atoms with van der Waals surface area (Å²) in [4.78, 5) is 3.53. The highest BCUT2D eigenvalue weighted by Crippen LogP contribution is 2.30. The number of halogens is 2. The summed E-state index contributed by atoms with van der Waals surface area (Å²) in [7, 11) is 0. The summed E-state index contributed by atoms with van der Waals surface area (Å²) >= 11 is 0. The van der Waals surface area contributed by atoms with Crippen molar-refractivity contribution in [1.82, 2.24) is 10.3 Å². The van der Waals surface area contributed by atoms with Crippen molar-refractivity contribution in [2.24, 2.45) is 5.73 Å². The van der Waals surface area contributed by atoms with Crippen LogP contribution in [-0.2, 0) is 6.42 Å². The van der Waals surface area contributed by atoms with Gasteiger partial charge in [0.1, 0.15) is 0 Å². The molecule has 3 nitrogen and oxygen atoms in total. The number of aromatic amines is 1. The lowest BCUT2D eigenvalue weighted by Gasteiger charge is -2.23. The molecular weight excluding hydrogens is 269 g/mol. The number of rotatable bonds is 2. The van der Waals surface area contributed by atoms with Gasteiger partial charge in [0, 0.05) is 22.6 Å². The van der Waals surface area contributed by atoms with Crippen LogP contribution in [0, 0.1) is 0 Å². The van der Waals surface area contributed by atoms with E-state index in [2.05, 4.69) is 34.6 Å². The Morgan fingerprint density at radius 3 is 2.78 bits per heavy atom. The Kier molecular flexibility index (Phi) is 5.47. The third kappa shape index (κ3) is 2.50. The molecule has 2 heterocycles. The first-order valence-corrected chi connectivity index (χ1v) is 5.93. The van der Waals surface area contributed by atoms with E-state index in [9.17, 15) is 0 Å². The molecule has 0 saturated carbocycles. The van der Waals surface area contributed by atoms with Crippen LogP contribution in [-0.4, -0.2) is 18.1 Å². The normalized spacial score (nSPS) is 17.7. The second-order valence-electron chi connectivity index (χ2n) is 4.40. The van der Waals surface area contributed by atoms with Gasteiger partial charge in [0.15, 0.2) is 0 Å². The summed E-state index contributed by atoms with van der Waals surface area (Å²) in [6, 6.07) is 8.94. The van der Waals surface area contributed by atoms with Gasteiger partial charge in [-0.25, -0.2) is 0 Å². The van der Waals surface area contributed by atoms with E-state index >= 15 is 0 Å². The zero-order valence-electron chi connectivity index (χ0n) is 10.1. The zero-order valence-corrected chi connectivity index (χ0v) is 11.7. The number of hydrogen-bond acceptors (Lipinski definition) is 2. The number of H-pyrrole nitrogens is 1. The van der Waals surface area contributed by atoms with Gasteiger partial charge in [0.25, 0.3) is 0 Å². The maximum absolute atomic E-state index is 5.66. The van der Waals surface area contributed by atoms with E-state index in [4.69, 9.17) is 5.73 Å². The van der Waals surface area contributed by atoms with Gasteiger partial charge in [0.05, 0.1) is 0 Å². The second-order valence-corrected chi connectivity index (χ2v) is 4.40. The Morgan fingerprint density at radius 1 is 1.22 bits per heavy atom. The number of nitrogens with one attached hydrogen (secondary N) is 2. The van der Waals surface area contributed by atoms with Gasteiger partial charge in [-0.3, -0.25) is 0 Å². The maximum Gasteiger partial charge on any atom is 0.0488 e. The van der Waals surface area contributed by atoms with Crippen molar-refractivity contribution in [3.05, 3.63) is 35.5 Å². The predicted molar refractivity (Wildman–Crippen MR) is 80.9 cm³/mol. The molecular formula is C13H19Cl2N3. The van der Waals surface area contributed by atoms with E-state index in [1.165, 1.54) is 22.2 Å². The maximum atomic E-state index is 5.66. The minimum atomic E-state index is 0. The molecule has 3 rings (SSSR count). The van der Waals surface area contributed by atoms with Crippen molar-refractivity contribution >= 4 is 35.7 Å². The number of benzene rings is 1. The lowest BCUT2D eigenvalue weighted by Crippen LogP contribution is -2.31. The SMILES string of the molecule is Cl.Cl.NCCC1NCCc2c1[nH]c1ccccc21. The average Bonchev–Trinajstić information content (AvgIpc) is 2.69. The molecule has 1 aliphatic rings. The van der Waals surface area contributed by atoms with E-state index in [1.807, 2.05) is 0 Å². The van der Waals surface area contributed by atoms with Crippen LogP contribution in [0.1, 0.15) is 23.7 Å². The van der Waals surface area contributed by atoms with Crippen LogP contribution in [0.4, 0.5) is 0 Å². The minimum absolute atomic E-state index is 0. The van der Waals surface area contributed by atoms with Crippen LogP contribution in [0.5, 0.6) is 0 Å². The molecule has 5 heteroatoms. The van der Waals surface area contributed by atoms with E-state index in [0.29, 0.717) is 6.04 Å². The van der Waals surface area contributed by atoms with Crippen LogP contribution in [0.3, 0.4) is 0 Å². The van der Waals surface area contributed by atoms with Crippen molar-refractivity contribution in [3.8, 4) is 0 Å². The summed E-state index contributed by atoms with van der Waals surface area (Å²) in [6.07, 6.45) is 2.11. The lowest BCUT2D eigenvalue weighted by molar-refractivity contribution is 0.474. The molecule has 1 aromatic carbocycles.